The summed E-state index contributed by atoms with van der Waals surface area (Å²) in [4.78, 5) is 4.86. The van der Waals surface area contributed by atoms with Gasteiger partial charge in [0.15, 0.2) is 5.96 Å². The van der Waals surface area contributed by atoms with Crippen molar-refractivity contribution in [3.8, 4) is 0 Å². The molecule has 140 valence electrons. The van der Waals surface area contributed by atoms with Crippen LogP contribution in [0.5, 0.6) is 0 Å². The number of aliphatic hydroxyl groups excluding tert-OH is 1. The largest absolute Gasteiger partial charge is 0.392 e. The van der Waals surface area contributed by atoms with Gasteiger partial charge in [-0.05, 0) is 44.4 Å². The van der Waals surface area contributed by atoms with E-state index in [2.05, 4.69) is 24.5 Å². The summed E-state index contributed by atoms with van der Waals surface area (Å²) in [5, 5.41) is 17.2. The Labute approximate surface area is 147 Å². The van der Waals surface area contributed by atoms with Gasteiger partial charge in [0.2, 0.25) is 0 Å². The van der Waals surface area contributed by atoms with Gasteiger partial charge < -0.3 is 20.5 Å². The van der Waals surface area contributed by atoms with Crippen LogP contribution in [0.15, 0.2) is 4.99 Å². The van der Waals surface area contributed by atoms with Crippen LogP contribution in [0.2, 0.25) is 0 Å². The molecule has 2 fully saturated rings. The Bertz CT molecular complexity index is 409. The van der Waals surface area contributed by atoms with E-state index in [0.29, 0.717) is 5.41 Å². The van der Waals surface area contributed by atoms with Crippen molar-refractivity contribution < 1.29 is 9.84 Å². The molecule has 0 aromatic carbocycles. The lowest BCUT2D eigenvalue weighted by Gasteiger charge is -2.41. The molecule has 0 aromatic rings. The van der Waals surface area contributed by atoms with Crippen LogP contribution in [-0.2, 0) is 4.74 Å². The number of guanidine groups is 1. The first-order valence-corrected chi connectivity index (χ1v) is 9.73. The molecule has 2 saturated carbocycles. The van der Waals surface area contributed by atoms with Crippen LogP contribution >= 0.6 is 0 Å². The lowest BCUT2D eigenvalue weighted by atomic mass is 9.67. The van der Waals surface area contributed by atoms with Gasteiger partial charge in [0.05, 0.1) is 6.10 Å². The molecule has 0 bridgehead atoms. The number of rotatable bonds is 8. The number of nitrogens with one attached hydrogen (secondary N) is 2. The summed E-state index contributed by atoms with van der Waals surface area (Å²) in [5.41, 5.74) is 0.297. The van der Waals surface area contributed by atoms with Gasteiger partial charge in [-0.25, -0.2) is 0 Å². The highest BCUT2D eigenvalue weighted by molar-refractivity contribution is 5.79. The zero-order valence-electron chi connectivity index (χ0n) is 15.9. The quantitative estimate of drug-likeness (QED) is 0.470. The smallest absolute Gasteiger partial charge is 0.191 e. The van der Waals surface area contributed by atoms with E-state index in [1.165, 1.54) is 25.7 Å². The van der Waals surface area contributed by atoms with Crippen LogP contribution in [0.1, 0.15) is 65.2 Å². The van der Waals surface area contributed by atoms with Crippen LogP contribution in [0, 0.1) is 10.8 Å². The first-order chi connectivity index (χ1) is 11.5. The molecule has 2 atom stereocenters. The van der Waals surface area contributed by atoms with Gasteiger partial charge in [-0.2, -0.15) is 0 Å². The second-order valence-electron chi connectivity index (χ2n) is 8.06. The fourth-order valence-electron chi connectivity index (χ4n) is 3.94. The maximum atomic E-state index is 10.4. The van der Waals surface area contributed by atoms with Crippen molar-refractivity contribution in [1.29, 1.82) is 0 Å². The molecule has 0 spiro atoms. The monoisotopic (exact) mass is 339 g/mol. The van der Waals surface area contributed by atoms with Crippen LogP contribution in [0.25, 0.3) is 0 Å². The SMILES string of the molecule is CCNC(=NCC1(CCOC)CCC1)NCC1(C)CCCCC1O. The zero-order valence-corrected chi connectivity index (χ0v) is 15.9. The Morgan fingerprint density at radius 1 is 1.21 bits per heavy atom. The highest BCUT2D eigenvalue weighted by Crippen LogP contribution is 2.44. The van der Waals surface area contributed by atoms with Gasteiger partial charge in [-0.15, -0.1) is 0 Å². The van der Waals surface area contributed by atoms with Gasteiger partial charge in [0.25, 0.3) is 0 Å². The lowest BCUT2D eigenvalue weighted by molar-refractivity contribution is 0.00394. The molecule has 24 heavy (non-hydrogen) atoms. The lowest BCUT2D eigenvalue weighted by Crippen LogP contribution is -2.48. The second kappa shape index (κ2) is 9.04. The Kier molecular flexibility index (Phi) is 7.35. The molecule has 0 aliphatic heterocycles. The van der Waals surface area contributed by atoms with E-state index in [0.717, 1.165) is 57.9 Å². The molecule has 0 aromatic heterocycles. The average Bonchev–Trinajstić information content (AvgIpc) is 2.54. The molecule has 2 aliphatic carbocycles. The molecule has 0 amide bonds. The van der Waals surface area contributed by atoms with Crippen LogP contribution in [-0.4, -0.2) is 50.5 Å². The van der Waals surface area contributed by atoms with Crippen molar-refractivity contribution in [2.24, 2.45) is 15.8 Å². The number of ether oxygens (including phenoxy) is 1. The number of nitrogens with zero attached hydrogens (tertiary/aromatic N) is 1. The zero-order chi connectivity index (χ0) is 17.5. The number of methoxy groups -OCH3 is 1. The topological polar surface area (TPSA) is 65.9 Å². The summed E-state index contributed by atoms with van der Waals surface area (Å²) in [6.45, 7) is 7.62. The number of aliphatic hydroxyl groups is 1. The molecule has 3 N–H and O–H groups in total. The number of hydrogen-bond donors (Lipinski definition) is 3. The summed E-state index contributed by atoms with van der Waals surface area (Å²) >= 11 is 0. The van der Waals surface area contributed by atoms with E-state index in [1.54, 1.807) is 7.11 Å². The summed E-state index contributed by atoms with van der Waals surface area (Å²) in [7, 11) is 1.78. The minimum Gasteiger partial charge on any atom is -0.392 e. The Morgan fingerprint density at radius 3 is 2.58 bits per heavy atom. The molecular formula is C19H37N3O2. The predicted octanol–water partition coefficient (Wildman–Crippen LogP) is 2.69. The normalized spacial score (nSPS) is 29.8. The predicted molar refractivity (Wildman–Crippen MR) is 99.3 cm³/mol. The van der Waals surface area contributed by atoms with E-state index in [-0.39, 0.29) is 11.5 Å². The van der Waals surface area contributed by atoms with E-state index >= 15 is 0 Å². The number of aliphatic imine (C=N–C) groups is 1. The summed E-state index contributed by atoms with van der Waals surface area (Å²) in [6.07, 6.45) is 9.09. The third kappa shape index (κ3) is 5.09. The van der Waals surface area contributed by atoms with Gasteiger partial charge in [-0.3, -0.25) is 4.99 Å². The molecule has 2 aliphatic rings. The highest BCUT2D eigenvalue weighted by atomic mass is 16.5. The third-order valence-corrected chi connectivity index (χ3v) is 6.11. The Balaban J connectivity index is 1.90. The maximum absolute atomic E-state index is 10.4. The summed E-state index contributed by atoms with van der Waals surface area (Å²) in [5.74, 6) is 0.889. The van der Waals surface area contributed by atoms with Gasteiger partial charge >= 0.3 is 0 Å². The van der Waals surface area contributed by atoms with E-state index < -0.39 is 0 Å². The molecule has 0 radical (unpaired) electrons. The fourth-order valence-corrected chi connectivity index (χ4v) is 3.94. The van der Waals surface area contributed by atoms with Crippen molar-refractivity contribution >= 4 is 5.96 Å². The first kappa shape index (κ1) is 19.5. The molecule has 0 saturated heterocycles. The Hall–Kier alpha value is -0.810. The van der Waals surface area contributed by atoms with Gasteiger partial charge in [0.1, 0.15) is 0 Å². The van der Waals surface area contributed by atoms with Crippen molar-refractivity contribution in [2.75, 3.05) is 33.4 Å². The van der Waals surface area contributed by atoms with Crippen LogP contribution in [0.3, 0.4) is 0 Å². The van der Waals surface area contributed by atoms with Crippen molar-refractivity contribution in [3.05, 3.63) is 0 Å². The molecule has 2 unspecified atom stereocenters. The van der Waals surface area contributed by atoms with E-state index in [1.807, 2.05) is 0 Å². The standard InChI is InChI=1S/C19H37N3O2/c1-4-20-17(21-14-18(2)9-6-5-8-16(18)23)22-15-19(10-7-11-19)12-13-24-3/h16,23H,4-15H2,1-3H3,(H2,20,21,22). The number of hydrogen-bond acceptors (Lipinski definition) is 3. The minimum absolute atomic E-state index is 0.0430. The van der Waals surface area contributed by atoms with Gasteiger partial charge in [-0.1, -0.05) is 26.2 Å². The van der Waals surface area contributed by atoms with E-state index in [9.17, 15) is 5.11 Å². The first-order valence-electron chi connectivity index (χ1n) is 9.73. The van der Waals surface area contributed by atoms with Crippen molar-refractivity contribution in [2.45, 2.75) is 71.3 Å². The minimum atomic E-state index is -0.207. The fraction of sp³-hybridized carbons (Fsp3) is 0.947. The molecule has 2 rings (SSSR count). The second-order valence-corrected chi connectivity index (χ2v) is 8.06. The third-order valence-electron chi connectivity index (χ3n) is 6.11. The van der Waals surface area contributed by atoms with Crippen LogP contribution < -0.4 is 10.6 Å². The van der Waals surface area contributed by atoms with Gasteiger partial charge in [0, 0.05) is 38.8 Å². The van der Waals surface area contributed by atoms with E-state index in [4.69, 9.17) is 9.73 Å². The van der Waals surface area contributed by atoms with Crippen molar-refractivity contribution in [3.63, 3.8) is 0 Å². The van der Waals surface area contributed by atoms with Crippen LogP contribution in [0.4, 0.5) is 0 Å². The highest BCUT2D eigenvalue weighted by Gasteiger charge is 2.37. The summed E-state index contributed by atoms with van der Waals surface area (Å²) < 4.78 is 5.27. The molecule has 5 nitrogen and oxygen atoms in total. The average molecular weight is 340 g/mol. The molecule has 0 heterocycles. The van der Waals surface area contributed by atoms with Crippen molar-refractivity contribution in [1.82, 2.24) is 10.6 Å². The Morgan fingerprint density at radius 2 is 2.00 bits per heavy atom. The maximum Gasteiger partial charge on any atom is 0.191 e. The molecule has 5 heteroatoms. The molecular weight excluding hydrogens is 302 g/mol. The summed E-state index contributed by atoms with van der Waals surface area (Å²) in [6, 6.07) is 0.